The van der Waals surface area contributed by atoms with Gasteiger partial charge < -0.3 is 9.73 Å². The van der Waals surface area contributed by atoms with Crippen molar-refractivity contribution >= 4 is 22.4 Å². The number of carbonyl (C=O) groups is 1. The summed E-state index contributed by atoms with van der Waals surface area (Å²) in [7, 11) is 0. The number of amides is 2. The molecule has 0 aliphatic heterocycles. The van der Waals surface area contributed by atoms with Crippen molar-refractivity contribution < 1.29 is 9.21 Å². The van der Waals surface area contributed by atoms with Crippen LogP contribution in [0.4, 0.5) is 9.80 Å². The van der Waals surface area contributed by atoms with E-state index in [2.05, 4.69) is 15.7 Å². The SMILES string of the molecule is O=C(NC[C@H](c1ccco1)n1cccn1)Nc1cccs1. The van der Waals surface area contributed by atoms with E-state index in [0.717, 1.165) is 10.8 Å². The standard InChI is InChI=1S/C14H14N4O2S/c19-14(17-13-5-2-9-21-13)15-10-11(12-4-1-8-20-12)18-7-3-6-16-18/h1-9,11H,10H2,(H2,15,17,19)/t11-/m1/s1. The fraction of sp³-hybridized carbons (Fsp3) is 0.143. The Kier molecular flexibility index (Phi) is 4.02. The van der Waals surface area contributed by atoms with Crippen molar-refractivity contribution in [1.29, 1.82) is 0 Å². The number of hydrogen-bond acceptors (Lipinski definition) is 4. The van der Waals surface area contributed by atoms with Gasteiger partial charge in [-0.3, -0.25) is 10.00 Å². The number of urea groups is 1. The van der Waals surface area contributed by atoms with Crippen LogP contribution in [-0.4, -0.2) is 22.4 Å². The number of anilines is 1. The van der Waals surface area contributed by atoms with Crippen LogP contribution in [0.1, 0.15) is 11.8 Å². The smallest absolute Gasteiger partial charge is 0.319 e. The van der Waals surface area contributed by atoms with Crippen molar-refractivity contribution in [3.05, 3.63) is 60.1 Å². The van der Waals surface area contributed by atoms with Gasteiger partial charge >= 0.3 is 6.03 Å². The highest BCUT2D eigenvalue weighted by atomic mass is 32.1. The van der Waals surface area contributed by atoms with Gasteiger partial charge in [-0.15, -0.1) is 11.3 Å². The molecule has 0 saturated carbocycles. The molecule has 2 amide bonds. The highest BCUT2D eigenvalue weighted by Gasteiger charge is 2.17. The average Bonchev–Trinajstić information content (AvgIpc) is 3.23. The highest BCUT2D eigenvalue weighted by Crippen LogP contribution is 2.18. The summed E-state index contributed by atoms with van der Waals surface area (Å²) in [5.41, 5.74) is 0. The summed E-state index contributed by atoms with van der Waals surface area (Å²) in [6.07, 6.45) is 5.14. The molecule has 6 nitrogen and oxygen atoms in total. The Morgan fingerprint density at radius 3 is 3.00 bits per heavy atom. The molecule has 7 heteroatoms. The Morgan fingerprint density at radius 2 is 2.33 bits per heavy atom. The first kappa shape index (κ1) is 13.4. The van der Waals surface area contributed by atoms with E-state index in [9.17, 15) is 4.79 Å². The van der Waals surface area contributed by atoms with E-state index in [0.29, 0.717) is 6.54 Å². The molecule has 0 fully saturated rings. The summed E-state index contributed by atoms with van der Waals surface area (Å²) < 4.78 is 7.18. The molecule has 0 spiro atoms. The Hall–Kier alpha value is -2.54. The molecule has 108 valence electrons. The molecule has 21 heavy (non-hydrogen) atoms. The van der Waals surface area contributed by atoms with Gasteiger partial charge in [-0.05, 0) is 35.7 Å². The van der Waals surface area contributed by atoms with Crippen molar-refractivity contribution in [1.82, 2.24) is 15.1 Å². The second-order valence-electron chi connectivity index (χ2n) is 4.33. The predicted octanol–water partition coefficient (Wildman–Crippen LogP) is 2.95. The lowest BCUT2D eigenvalue weighted by atomic mass is 10.2. The molecular weight excluding hydrogens is 288 g/mol. The largest absolute Gasteiger partial charge is 0.467 e. The molecule has 0 aliphatic rings. The zero-order valence-corrected chi connectivity index (χ0v) is 11.9. The first-order valence-electron chi connectivity index (χ1n) is 6.44. The fourth-order valence-corrected chi connectivity index (χ4v) is 2.58. The summed E-state index contributed by atoms with van der Waals surface area (Å²) in [6.45, 7) is 0.381. The number of aromatic nitrogens is 2. The monoisotopic (exact) mass is 302 g/mol. The van der Waals surface area contributed by atoms with Crippen LogP contribution in [0.3, 0.4) is 0 Å². The summed E-state index contributed by atoms with van der Waals surface area (Å²) in [5.74, 6) is 0.745. The molecule has 0 bridgehead atoms. The van der Waals surface area contributed by atoms with E-state index in [1.54, 1.807) is 17.1 Å². The van der Waals surface area contributed by atoms with Crippen molar-refractivity contribution in [3.8, 4) is 0 Å². The zero-order valence-electron chi connectivity index (χ0n) is 11.1. The first-order valence-corrected chi connectivity index (χ1v) is 7.32. The normalized spacial score (nSPS) is 12.0. The van der Waals surface area contributed by atoms with E-state index >= 15 is 0 Å². The third-order valence-electron chi connectivity index (χ3n) is 2.93. The second-order valence-corrected chi connectivity index (χ2v) is 5.28. The minimum atomic E-state index is -0.249. The van der Waals surface area contributed by atoms with Gasteiger partial charge in [0.25, 0.3) is 0 Å². The Labute approximate surface area is 125 Å². The van der Waals surface area contributed by atoms with Crippen LogP contribution in [0.15, 0.2) is 58.8 Å². The second kappa shape index (κ2) is 6.27. The maximum atomic E-state index is 11.9. The lowest BCUT2D eigenvalue weighted by Gasteiger charge is -2.16. The predicted molar refractivity (Wildman–Crippen MR) is 80.4 cm³/mol. The van der Waals surface area contributed by atoms with Crippen LogP contribution in [0, 0.1) is 0 Å². The van der Waals surface area contributed by atoms with Gasteiger partial charge in [0.05, 0.1) is 11.3 Å². The summed E-state index contributed by atoms with van der Waals surface area (Å²) in [4.78, 5) is 11.9. The highest BCUT2D eigenvalue weighted by molar-refractivity contribution is 7.14. The van der Waals surface area contributed by atoms with Crippen molar-refractivity contribution in [2.75, 3.05) is 11.9 Å². The molecule has 0 aliphatic carbocycles. The van der Waals surface area contributed by atoms with Gasteiger partial charge in [0.15, 0.2) is 0 Å². The van der Waals surface area contributed by atoms with Crippen LogP contribution in [0.2, 0.25) is 0 Å². The molecule has 3 rings (SSSR count). The molecule has 0 saturated heterocycles. The number of furan rings is 1. The van der Waals surface area contributed by atoms with Crippen LogP contribution in [0.5, 0.6) is 0 Å². The molecule has 3 aromatic heterocycles. The van der Waals surface area contributed by atoms with Gasteiger partial charge in [-0.25, -0.2) is 4.79 Å². The molecule has 0 aromatic carbocycles. The number of rotatable bonds is 5. The lowest BCUT2D eigenvalue weighted by molar-refractivity contribution is 0.250. The molecule has 3 aromatic rings. The number of hydrogen-bond donors (Lipinski definition) is 2. The summed E-state index contributed by atoms with van der Waals surface area (Å²) in [6, 6.07) is 8.83. The van der Waals surface area contributed by atoms with Gasteiger partial charge in [0.2, 0.25) is 0 Å². The number of thiophene rings is 1. The minimum absolute atomic E-state index is 0.177. The summed E-state index contributed by atoms with van der Waals surface area (Å²) >= 11 is 1.47. The van der Waals surface area contributed by atoms with Gasteiger partial charge in [0.1, 0.15) is 11.8 Å². The van der Waals surface area contributed by atoms with Crippen molar-refractivity contribution in [2.45, 2.75) is 6.04 Å². The Balaban J connectivity index is 1.64. The van der Waals surface area contributed by atoms with Crippen LogP contribution < -0.4 is 10.6 Å². The number of nitrogens with zero attached hydrogens (tertiary/aromatic N) is 2. The Morgan fingerprint density at radius 1 is 1.38 bits per heavy atom. The summed E-state index contributed by atoms with van der Waals surface area (Å²) in [5, 5.41) is 12.5. The van der Waals surface area contributed by atoms with Gasteiger partial charge in [-0.1, -0.05) is 0 Å². The van der Waals surface area contributed by atoms with E-state index < -0.39 is 0 Å². The topological polar surface area (TPSA) is 72.1 Å². The molecule has 1 atom stereocenters. The van der Waals surface area contributed by atoms with E-state index in [1.807, 2.05) is 41.9 Å². The third kappa shape index (κ3) is 3.32. The fourth-order valence-electron chi connectivity index (χ4n) is 1.97. The van der Waals surface area contributed by atoms with Crippen molar-refractivity contribution in [3.63, 3.8) is 0 Å². The third-order valence-corrected chi connectivity index (χ3v) is 3.71. The maximum absolute atomic E-state index is 11.9. The number of carbonyl (C=O) groups excluding carboxylic acids is 1. The van der Waals surface area contributed by atoms with Gasteiger partial charge in [-0.2, -0.15) is 5.10 Å². The quantitative estimate of drug-likeness (QED) is 0.761. The number of nitrogens with one attached hydrogen (secondary N) is 2. The van der Waals surface area contributed by atoms with Gasteiger partial charge in [0, 0.05) is 18.9 Å². The van der Waals surface area contributed by atoms with Crippen LogP contribution in [-0.2, 0) is 0 Å². The maximum Gasteiger partial charge on any atom is 0.319 e. The molecular formula is C14H14N4O2S. The van der Waals surface area contributed by atoms with E-state index in [1.165, 1.54) is 11.3 Å². The lowest BCUT2D eigenvalue weighted by Crippen LogP contribution is -2.34. The molecule has 3 heterocycles. The van der Waals surface area contributed by atoms with E-state index in [4.69, 9.17) is 4.42 Å². The first-order chi connectivity index (χ1) is 10.3. The van der Waals surface area contributed by atoms with Crippen LogP contribution in [0.25, 0.3) is 0 Å². The van der Waals surface area contributed by atoms with E-state index in [-0.39, 0.29) is 12.1 Å². The minimum Gasteiger partial charge on any atom is -0.467 e. The Bertz CT molecular complexity index is 628. The average molecular weight is 302 g/mol. The van der Waals surface area contributed by atoms with Crippen molar-refractivity contribution in [2.24, 2.45) is 0 Å². The molecule has 0 unspecified atom stereocenters. The zero-order chi connectivity index (χ0) is 14.5. The van der Waals surface area contributed by atoms with Crippen LogP contribution >= 0.6 is 11.3 Å². The molecule has 0 radical (unpaired) electrons. The molecule has 2 N–H and O–H groups in total.